The molecule has 0 aromatic carbocycles. The second kappa shape index (κ2) is 10.1. The maximum absolute atomic E-state index is 12.3. The van der Waals surface area contributed by atoms with Gasteiger partial charge in [0.25, 0.3) is 5.91 Å². The molecule has 0 radical (unpaired) electrons. The lowest BCUT2D eigenvalue weighted by Crippen LogP contribution is -2.43. The van der Waals surface area contributed by atoms with Gasteiger partial charge in [-0.3, -0.25) is 14.4 Å². The summed E-state index contributed by atoms with van der Waals surface area (Å²) in [6, 6.07) is 7.06. The summed E-state index contributed by atoms with van der Waals surface area (Å²) in [6.07, 6.45) is 1.62. The highest BCUT2D eigenvalue weighted by atomic mass is 35.5. The van der Waals surface area contributed by atoms with Gasteiger partial charge in [0, 0.05) is 11.4 Å². The topological polar surface area (TPSA) is 78.5 Å². The fourth-order valence-corrected chi connectivity index (χ4v) is 3.78. The second-order valence-corrected chi connectivity index (χ2v) is 7.95. The largest absolute Gasteiger partial charge is 0.345 e. The van der Waals surface area contributed by atoms with E-state index in [2.05, 4.69) is 17.2 Å². The van der Waals surface area contributed by atoms with Crippen molar-refractivity contribution in [1.82, 2.24) is 15.5 Å². The molecule has 0 atom stereocenters. The van der Waals surface area contributed by atoms with Crippen LogP contribution in [0.4, 0.5) is 0 Å². The Labute approximate surface area is 164 Å². The normalized spacial score (nSPS) is 10.2. The predicted octanol–water partition coefficient (Wildman–Crippen LogP) is 2.52. The molecular weight excluding hydrogens is 394 g/mol. The first-order chi connectivity index (χ1) is 12.5. The lowest BCUT2D eigenvalue weighted by atomic mass is 10.3. The molecular formula is C17H18ClN3O3S2. The van der Waals surface area contributed by atoms with E-state index in [1.165, 1.54) is 22.7 Å². The van der Waals surface area contributed by atoms with E-state index < -0.39 is 5.91 Å². The summed E-state index contributed by atoms with van der Waals surface area (Å²) in [6.45, 7) is 4.06. The molecule has 0 saturated carbocycles. The first kappa shape index (κ1) is 20.2. The van der Waals surface area contributed by atoms with E-state index in [9.17, 15) is 14.4 Å². The fourth-order valence-electron chi connectivity index (χ4n) is 2.04. The van der Waals surface area contributed by atoms with E-state index in [1.807, 2.05) is 6.07 Å². The van der Waals surface area contributed by atoms with Crippen LogP contribution >= 0.6 is 34.3 Å². The van der Waals surface area contributed by atoms with Gasteiger partial charge < -0.3 is 15.5 Å². The summed E-state index contributed by atoms with van der Waals surface area (Å²) in [5.74, 6) is -0.988. The third-order valence-electron chi connectivity index (χ3n) is 3.27. The molecule has 0 aliphatic heterocycles. The number of thiophene rings is 2. The van der Waals surface area contributed by atoms with Gasteiger partial charge in [-0.15, -0.1) is 29.3 Å². The summed E-state index contributed by atoms with van der Waals surface area (Å²) in [7, 11) is 0. The monoisotopic (exact) mass is 411 g/mol. The number of nitrogens with zero attached hydrogens (tertiary/aromatic N) is 1. The molecule has 9 heteroatoms. The van der Waals surface area contributed by atoms with Crippen molar-refractivity contribution in [3.05, 3.63) is 56.4 Å². The summed E-state index contributed by atoms with van der Waals surface area (Å²) < 4.78 is 0.654. The van der Waals surface area contributed by atoms with Crippen LogP contribution in [0.2, 0.25) is 4.34 Å². The number of hydrogen-bond acceptors (Lipinski definition) is 5. The molecule has 2 aromatic heterocycles. The van der Waals surface area contributed by atoms with Crippen molar-refractivity contribution in [2.75, 3.05) is 19.6 Å². The lowest BCUT2D eigenvalue weighted by molar-refractivity contribution is -0.132. The zero-order valence-corrected chi connectivity index (χ0v) is 16.3. The Morgan fingerprint density at radius 3 is 2.62 bits per heavy atom. The fraction of sp³-hybridized carbons (Fsp3) is 0.235. The Morgan fingerprint density at radius 2 is 2.00 bits per heavy atom. The molecule has 0 unspecified atom stereocenters. The zero-order chi connectivity index (χ0) is 18.9. The average Bonchev–Trinajstić information content (AvgIpc) is 3.29. The van der Waals surface area contributed by atoms with Crippen molar-refractivity contribution in [1.29, 1.82) is 0 Å². The van der Waals surface area contributed by atoms with Gasteiger partial charge >= 0.3 is 0 Å². The molecule has 0 aliphatic rings. The van der Waals surface area contributed by atoms with Gasteiger partial charge in [0.15, 0.2) is 0 Å². The van der Waals surface area contributed by atoms with E-state index in [0.717, 1.165) is 4.88 Å². The van der Waals surface area contributed by atoms with Crippen molar-refractivity contribution < 1.29 is 14.4 Å². The molecule has 0 spiro atoms. The molecule has 6 nitrogen and oxygen atoms in total. The van der Waals surface area contributed by atoms with E-state index in [-0.39, 0.29) is 24.9 Å². The maximum atomic E-state index is 12.3. The SMILES string of the molecule is C=CCN(Cc1ccc(Cl)s1)C(=O)CNC(=O)CNC(=O)c1cccs1. The maximum Gasteiger partial charge on any atom is 0.261 e. The molecule has 2 rings (SSSR count). The second-order valence-electron chi connectivity index (χ2n) is 5.21. The van der Waals surface area contributed by atoms with Gasteiger partial charge in [0.2, 0.25) is 11.8 Å². The van der Waals surface area contributed by atoms with Crippen LogP contribution in [-0.4, -0.2) is 42.3 Å². The highest BCUT2D eigenvalue weighted by Crippen LogP contribution is 2.22. The van der Waals surface area contributed by atoms with Crippen LogP contribution in [0.1, 0.15) is 14.5 Å². The van der Waals surface area contributed by atoms with Crippen LogP contribution in [0.25, 0.3) is 0 Å². The highest BCUT2D eigenvalue weighted by molar-refractivity contribution is 7.16. The third-order valence-corrected chi connectivity index (χ3v) is 5.35. The number of halogens is 1. The number of carbonyl (C=O) groups excluding carboxylic acids is 3. The minimum absolute atomic E-state index is 0.152. The van der Waals surface area contributed by atoms with Crippen molar-refractivity contribution in [2.24, 2.45) is 0 Å². The van der Waals surface area contributed by atoms with Gasteiger partial charge in [0.05, 0.1) is 28.8 Å². The number of rotatable bonds is 9. The van der Waals surface area contributed by atoms with Crippen LogP contribution in [0, 0.1) is 0 Å². The lowest BCUT2D eigenvalue weighted by Gasteiger charge is -2.20. The minimum atomic E-state index is -0.430. The van der Waals surface area contributed by atoms with Gasteiger partial charge in [-0.25, -0.2) is 0 Å². The Balaban J connectivity index is 1.78. The highest BCUT2D eigenvalue weighted by Gasteiger charge is 2.15. The van der Waals surface area contributed by atoms with Gasteiger partial charge in [-0.1, -0.05) is 23.7 Å². The minimum Gasteiger partial charge on any atom is -0.345 e. The number of hydrogen-bond donors (Lipinski definition) is 2. The van der Waals surface area contributed by atoms with Crippen LogP contribution in [0.15, 0.2) is 42.3 Å². The standard InChI is InChI=1S/C17H18ClN3O3S2/c1-2-7-21(11-12-5-6-14(18)26-12)16(23)10-19-15(22)9-20-17(24)13-4-3-8-25-13/h2-6,8H,1,7,9-11H2,(H,19,22)(H,20,24). The Kier molecular flexibility index (Phi) is 7.83. The molecule has 0 bridgehead atoms. The van der Waals surface area contributed by atoms with E-state index in [1.54, 1.807) is 34.6 Å². The molecule has 3 amide bonds. The predicted molar refractivity (Wildman–Crippen MR) is 105 cm³/mol. The first-order valence-corrected chi connectivity index (χ1v) is 9.78. The van der Waals surface area contributed by atoms with E-state index >= 15 is 0 Å². The molecule has 0 aliphatic carbocycles. The summed E-state index contributed by atoms with van der Waals surface area (Å²) in [4.78, 5) is 39.0. The Hall–Kier alpha value is -2.16. The van der Waals surface area contributed by atoms with E-state index in [4.69, 9.17) is 11.6 Å². The number of carbonyl (C=O) groups is 3. The van der Waals surface area contributed by atoms with Crippen LogP contribution < -0.4 is 10.6 Å². The van der Waals surface area contributed by atoms with Gasteiger partial charge in [0.1, 0.15) is 0 Å². The first-order valence-electron chi connectivity index (χ1n) is 7.71. The molecule has 2 N–H and O–H groups in total. The van der Waals surface area contributed by atoms with Crippen molar-refractivity contribution in [2.45, 2.75) is 6.54 Å². The molecule has 0 fully saturated rings. The number of nitrogens with one attached hydrogen (secondary N) is 2. The molecule has 0 saturated heterocycles. The third kappa shape index (κ3) is 6.29. The quantitative estimate of drug-likeness (QED) is 0.622. The van der Waals surface area contributed by atoms with Crippen molar-refractivity contribution in [3.63, 3.8) is 0 Å². The summed E-state index contributed by atoms with van der Waals surface area (Å²) >= 11 is 8.59. The summed E-state index contributed by atoms with van der Waals surface area (Å²) in [5.41, 5.74) is 0. The van der Waals surface area contributed by atoms with Crippen LogP contribution in [-0.2, 0) is 16.1 Å². The van der Waals surface area contributed by atoms with E-state index in [0.29, 0.717) is 22.3 Å². The van der Waals surface area contributed by atoms with Crippen molar-refractivity contribution in [3.8, 4) is 0 Å². The van der Waals surface area contributed by atoms with Crippen LogP contribution in [0.3, 0.4) is 0 Å². The Morgan fingerprint density at radius 1 is 1.19 bits per heavy atom. The van der Waals surface area contributed by atoms with Crippen molar-refractivity contribution >= 4 is 52.0 Å². The number of amides is 3. The van der Waals surface area contributed by atoms with Gasteiger partial charge in [-0.05, 0) is 23.6 Å². The molecule has 26 heavy (non-hydrogen) atoms. The molecule has 2 aromatic rings. The summed E-state index contributed by atoms with van der Waals surface area (Å²) in [5, 5.41) is 6.81. The smallest absolute Gasteiger partial charge is 0.261 e. The van der Waals surface area contributed by atoms with Crippen LogP contribution in [0.5, 0.6) is 0 Å². The molecule has 2 heterocycles. The Bertz CT molecular complexity index is 774. The van der Waals surface area contributed by atoms with Gasteiger partial charge in [-0.2, -0.15) is 0 Å². The zero-order valence-electron chi connectivity index (χ0n) is 13.9. The average molecular weight is 412 g/mol. The molecule has 138 valence electrons.